The third-order valence-corrected chi connectivity index (χ3v) is 3.10. The first-order valence-electron chi connectivity index (χ1n) is 7.01. The number of hydrogen-bond donors (Lipinski definition) is 3. The Morgan fingerprint density at radius 1 is 1.24 bits per heavy atom. The number of anilines is 2. The zero-order valence-corrected chi connectivity index (χ0v) is 12.1. The molecule has 5 nitrogen and oxygen atoms in total. The van der Waals surface area contributed by atoms with Crippen LogP contribution in [0, 0.1) is 0 Å². The maximum atomic E-state index is 12.0. The zero-order chi connectivity index (χ0) is 15.1. The monoisotopic (exact) mass is 284 g/mol. The summed E-state index contributed by atoms with van der Waals surface area (Å²) in [4.78, 5) is 16.0. The summed E-state index contributed by atoms with van der Waals surface area (Å²) in [5, 5.41) is 6.08. The molecular weight excluding hydrogens is 264 g/mol. The van der Waals surface area contributed by atoms with Gasteiger partial charge in [0.2, 0.25) is 0 Å². The predicted molar refractivity (Wildman–Crippen MR) is 85.3 cm³/mol. The van der Waals surface area contributed by atoms with E-state index in [9.17, 15) is 4.79 Å². The summed E-state index contributed by atoms with van der Waals surface area (Å²) < 4.78 is 0. The molecule has 1 amide bonds. The highest BCUT2D eigenvalue weighted by molar-refractivity contribution is 6.00. The molecule has 2 rings (SSSR count). The van der Waals surface area contributed by atoms with E-state index in [2.05, 4.69) is 15.6 Å². The minimum absolute atomic E-state index is 0.0936. The van der Waals surface area contributed by atoms with E-state index in [1.54, 1.807) is 30.6 Å². The molecule has 1 heterocycles. The normalized spacial score (nSPS) is 10.1. The second-order valence-corrected chi connectivity index (χ2v) is 4.70. The molecule has 0 unspecified atom stereocenters. The summed E-state index contributed by atoms with van der Waals surface area (Å²) in [6, 6.07) is 9.22. The van der Waals surface area contributed by atoms with Crippen LogP contribution in [0.15, 0.2) is 42.7 Å². The Labute approximate surface area is 124 Å². The lowest BCUT2D eigenvalue weighted by Gasteiger charge is -2.12. The van der Waals surface area contributed by atoms with Crippen molar-refractivity contribution in [1.29, 1.82) is 0 Å². The first-order chi connectivity index (χ1) is 10.2. The minimum atomic E-state index is -0.0936. The number of hydrogen-bond acceptors (Lipinski definition) is 4. The van der Waals surface area contributed by atoms with Crippen LogP contribution >= 0.6 is 0 Å². The average molecular weight is 284 g/mol. The van der Waals surface area contributed by atoms with Gasteiger partial charge in [0.25, 0.3) is 5.91 Å². The number of nitrogens with one attached hydrogen (secondary N) is 2. The number of amides is 1. The SMILES string of the molecule is CCNC(=O)c1ccc(N)cc1NCCc1ccncc1. The Balaban J connectivity index is 2.04. The van der Waals surface area contributed by atoms with Crippen molar-refractivity contribution < 1.29 is 4.79 Å². The fraction of sp³-hybridized carbons (Fsp3) is 0.250. The maximum Gasteiger partial charge on any atom is 0.253 e. The van der Waals surface area contributed by atoms with Crippen molar-refractivity contribution in [1.82, 2.24) is 10.3 Å². The number of carbonyl (C=O) groups is 1. The van der Waals surface area contributed by atoms with Crippen LogP contribution in [0.2, 0.25) is 0 Å². The summed E-state index contributed by atoms with van der Waals surface area (Å²) in [5.74, 6) is -0.0936. The smallest absolute Gasteiger partial charge is 0.253 e. The molecule has 1 aromatic carbocycles. The van der Waals surface area contributed by atoms with Crippen molar-refractivity contribution >= 4 is 17.3 Å². The lowest BCUT2D eigenvalue weighted by atomic mass is 10.1. The van der Waals surface area contributed by atoms with Gasteiger partial charge in [-0.3, -0.25) is 9.78 Å². The van der Waals surface area contributed by atoms with Gasteiger partial charge in [-0.1, -0.05) is 0 Å². The Kier molecular flexibility index (Phi) is 5.15. The van der Waals surface area contributed by atoms with E-state index < -0.39 is 0 Å². The topological polar surface area (TPSA) is 80.0 Å². The molecular formula is C16H20N4O. The maximum absolute atomic E-state index is 12.0. The van der Waals surface area contributed by atoms with Gasteiger partial charge in [-0.25, -0.2) is 0 Å². The number of aromatic nitrogens is 1. The first kappa shape index (κ1) is 14.8. The van der Waals surface area contributed by atoms with Gasteiger partial charge in [-0.15, -0.1) is 0 Å². The van der Waals surface area contributed by atoms with Crippen LogP contribution in [0.25, 0.3) is 0 Å². The summed E-state index contributed by atoms with van der Waals surface area (Å²) in [7, 11) is 0. The number of nitrogens with two attached hydrogens (primary N) is 1. The average Bonchev–Trinajstić information content (AvgIpc) is 2.49. The number of nitrogen functional groups attached to an aromatic ring is 1. The van der Waals surface area contributed by atoms with Gasteiger partial charge in [0.1, 0.15) is 0 Å². The van der Waals surface area contributed by atoms with Crippen LogP contribution in [0.3, 0.4) is 0 Å². The first-order valence-corrected chi connectivity index (χ1v) is 7.01. The molecule has 0 spiro atoms. The lowest BCUT2D eigenvalue weighted by Crippen LogP contribution is -2.24. The third-order valence-electron chi connectivity index (χ3n) is 3.10. The molecule has 110 valence electrons. The van der Waals surface area contributed by atoms with Crippen molar-refractivity contribution in [3.05, 3.63) is 53.9 Å². The summed E-state index contributed by atoms with van der Waals surface area (Å²) in [6.45, 7) is 3.21. The highest BCUT2D eigenvalue weighted by Crippen LogP contribution is 2.19. The van der Waals surface area contributed by atoms with Gasteiger partial charge in [0, 0.05) is 36.9 Å². The van der Waals surface area contributed by atoms with Crippen LogP contribution in [-0.4, -0.2) is 24.0 Å². The van der Waals surface area contributed by atoms with Crippen molar-refractivity contribution in [2.75, 3.05) is 24.1 Å². The summed E-state index contributed by atoms with van der Waals surface area (Å²) in [6.07, 6.45) is 4.40. The number of pyridine rings is 1. The predicted octanol–water partition coefficient (Wildman–Crippen LogP) is 2.07. The Hall–Kier alpha value is -2.56. The van der Waals surface area contributed by atoms with Gasteiger partial charge >= 0.3 is 0 Å². The van der Waals surface area contributed by atoms with E-state index >= 15 is 0 Å². The highest BCUT2D eigenvalue weighted by Gasteiger charge is 2.10. The van der Waals surface area contributed by atoms with Crippen molar-refractivity contribution in [3.8, 4) is 0 Å². The lowest BCUT2D eigenvalue weighted by molar-refractivity contribution is 0.0956. The second kappa shape index (κ2) is 7.28. The van der Waals surface area contributed by atoms with E-state index in [1.807, 2.05) is 19.1 Å². The van der Waals surface area contributed by atoms with E-state index in [0.29, 0.717) is 17.8 Å². The molecule has 0 aliphatic heterocycles. The summed E-state index contributed by atoms with van der Waals surface area (Å²) >= 11 is 0. The molecule has 5 heteroatoms. The molecule has 0 aliphatic rings. The van der Waals surface area contributed by atoms with Crippen LogP contribution in [0.5, 0.6) is 0 Å². The van der Waals surface area contributed by atoms with Crippen LogP contribution in [0.1, 0.15) is 22.8 Å². The summed E-state index contributed by atoms with van der Waals surface area (Å²) in [5.41, 5.74) is 9.00. The van der Waals surface area contributed by atoms with Crippen LogP contribution < -0.4 is 16.4 Å². The molecule has 0 atom stereocenters. The van der Waals surface area contributed by atoms with E-state index in [0.717, 1.165) is 18.7 Å². The molecule has 0 aliphatic carbocycles. The molecule has 4 N–H and O–H groups in total. The molecule has 0 saturated heterocycles. The number of carbonyl (C=O) groups excluding carboxylic acids is 1. The Morgan fingerprint density at radius 3 is 2.71 bits per heavy atom. The molecule has 0 fully saturated rings. The van der Waals surface area contributed by atoms with Gasteiger partial charge in [-0.05, 0) is 49.2 Å². The molecule has 0 bridgehead atoms. The molecule has 1 aromatic heterocycles. The molecule has 0 saturated carbocycles. The minimum Gasteiger partial charge on any atom is -0.399 e. The highest BCUT2D eigenvalue weighted by atomic mass is 16.1. The van der Waals surface area contributed by atoms with E-state index in [-0.39, 0.29) is 5.91 Å². The largest absolute Gasteiger partial charge is 0.399 e. The third kappa shape index (κ3) is 4.21. The fourth-order valence-electron chi connectivity index (χ4n) is 2.05. The van der Waals surface area contributed by atoms with E-state index in [4.69, 9.17) is 5.73 Å². The Morgan fingerprint density at radius 2 is 2.00 bits per heavy atom. The quantitative estimate of drug-likeness (QED) is 0.709. The number of nitrogens with zero attached hydrogens (tertiary/aromatic N) is 1. The van der Waals surface area contributed by atoms with Gasteiger partial charge in [0.15, 0.2) is 0 Å². The van der Waals surface area contributed by atoms with Gasteiger partial charge in [-0.2, -0.15) is 0 Å². The molecule has 21 heavy (non-hydrogen) atoms. The molecule has 2 aromatic rings. The van der Waals surface area contributed by atoms with Crippen molar-refractivity contribution in [2.45, 2.75) is 13.3 Å². The standard InChI is InChI=1S/C16H20N4O/c1-2-19-16(21)14-4-3-13(17)11-15(14)20-10-7-12-5-8-18-9-6-12/h3-6,8-9,11,20H,2,7,10,17H2,1H3,(H,19,21). The number of benzene rings is 1. The van der Waals surface area contributed by atoms with Gasteiger partial charge in [0.05, 0.1) is 5.56 Å². The van der Waals surface area contributed by atoms with E-state index in [1.165, 1.54) is 5.56 Å². The number of rotatable bonds is 6. The van der Waals surface area contributed by atoms with Gasteiger partial charge < -0.3 is 16.4 Å². The van der Waals surface area contributed by atoms with Crippen molar-refractivity contribution in [3.63, 3.8) is 0 Å². The van der Waals surface area contributed by atoms with Crippen LogP contribution in [-0.2, 0) is 6.42 Å². The Bertz CT molecular complexity index is 598. The molecule has 0 radical (unpaired) electrons. The van der Waals surface area contributed by atoms with Crippen molar-refractivity contribution in [2.24, 2.45) is 0 Å². The second-order valence-electron chi connectivity index (χ2n) is 4.70. The fourth-order valence-corrected chi connectivity index (χ4v) is 2.05. The van der Waals surface area contributed by atoms with Crippen LogP contribution in [0.4, 0.5) is 11.4 Å². The zero-order valence-electron chi connectivity index (χ0n) is 12.1.